The predicted molar refractivity (Wildman–Crippen MR) is 101 cm³/mol. The first kappa shape index (κ1) is 20.0. The van der Waals surface area contributed by atoms with E-state index in [0.29, 0.717) is 18.2 Å². The van der Waals surface area contributed by atoms with Gasteiger partial charge in [0.15, 0.2) is 0 Å². The summed E-state index contributed by atoms with van der Waals surface area (Å²) < 4.78 is 5.29. The van der Waals surface area contributed by atoms with Crippen LogP contribution in [0, 0.1) is 5.92 Å². The van der Waals surface area contributed by atoms with Crippen molar-refractivity contribution in [1.29, 1.82) is 0 Å². The van der Waals surface area contributed by atoms with E-state index in [1.807, 2.05) is 20.8 Å². The molecule has 3 N–H and O–H groups in total. The Morgan fingerprint density at radius 3 is 2.62 bits per heavy atom. The maximum Gasteiger partial charge on any atom is 0.407 e. The van der Waals surface area contributed by atoms with Gasteiger partial charge in [-0.2, -0.15) is 0 Å². The van der Waals surface area contributed by atoms with Crippen molar-refractivity contribution in [3.05, 3.63) is 24.5 Å². The molecule has 1 heterocycles. The maximum atomic E-state index is 12.3. The van der Waals surface area contributed by atoms with Crippen LogP contribution in [-0.4, -0.2) is 35.3 Å². The van der Waals surface area contributed by atoms with E-state index in [-0.39, 0.29) is 12.1 Å². The topological polar surface area (TPSA) is 92.4 Å². The highest BCUT2D eigenvalue weighted by atomic mass is 16.6. The Morgan fingerprint density at radius 2 is 2.00 bits per heavy atom. The monoisotopic (exact) mass is 362 g/mol. The molecule has 3 amide bonds. The zero-order chi connectivity index (χ0) is 19.0. The number of carbonyl (C=O) groups is 2. The van der Waals surface area contributed by atoms with E-state index in [1.54, 1.807) is 24.5 Å². The van der Waals surface area contributed by atoms with Crippen molar-refractivity contribution in [2.24, 2.45) is 5.92 Å². The molecule has 1 atom stereocenters. The molecule has 7 nitrogen and oxygen atoms in total. The highest BCUT2D eigenvalue weighted by molar-refractivity contribution is 5.89. The third-order valence-corrected chi connectivity index (χ3v) is 4.32. The van der Waals surface area contributed by atoms with E-state index in [4.69, 9.17) is 4.74 Å². The van der Waals surface area contributed by atoms with E-state index >= 15 is 0 Å². The summed E-state index contributed by atoms with van der Waals surface area (Å²) in [5.41, 5.74) is 0.0858. The number of ether oxygens (including phenoxy) is 1. The van der Waals surface area contributed by atoms with Gasteiger partial charge in [0.1, 0.15) is 5.60 Å². The highest BCUT2D eigenvalue weighted by Crippen LogP contribution is 2.26. The van der Waals surface area contributed by atoms with E-state index < -0.39 is 11.7 Å². The highest BCUT2D eigenvalue weighted by Gasteiger charge is 2.26. The third-order valence-electron chi connectivity index (χ3n) is 4.32. The van der Waals surface area contributed by atoms with Crippen LogP contribution in [0.5, 0.6) is 0 Å². The molecule has 0 bridgehead atoms. The van der Waals surface area contributed by atoms with Gasteiger partial charge in [0.2, 0.25) is 0 Å². The molecule has 144 valence electrons. The number of pyridine rings is 1. The zero-order valence-electron chi connectivity index (χ0n) is 15.9. The van der Waals surface area contributed by atoms with Crippen LogP contribution >= 0.6 is 0 Å². The molecular formula is C19H30N4O3. The predicted octanol–water partition coefficient (Wildman–Crippen LogP) is 3.68. The molecule has 0 saturated heterocycles. The van der Waals surface area contributed by atoms with Gasteiger partial charge in [-0.1, -0.05) is 19.3 Å². The van der Waals surface area contributed by atoms with Crippen LogP contribution in [0.25, 0.3) is 0 Å². The molecular weight excluding hydrogens is 332 g/mol. The molecule has 0 spiro atoms. The Kier molecular flexibility index (Phi) is 7.24. The average molecular weight is 362 g/mol. The Bertz CT molecular complexity index is 580. The molecule has 1 aliphatic carbocycles. The summed E-state index contributed by atoms with van der Waals surface area (Å²) in [6.07, 6.45) is 8.41. The number of aromatic nitrogens is 1. The van der Waals surface area contributed by atoms with Gasteiger partial charge in [0.25, 0.3) is 0 Å². The largest absolute Gasteiger partial charge is 0.444 e. The van der Waals surface area contributed by atoms with Gasteiger partial charge in [-0.05, 0) is 51.7 Å². The maximum absolute atomic E-state index is 12.3. The number of hydrogen-bond acceptors (Lipinski definition) is 4. The normalized spacial score (nSPS) is 16.4. The molecule has 2 rings (SSSR count). The lowest BCUT2D eigenvalue weighted by Crippen LogP contribution is -2.50. The second-order valence-corrected chi connectivity index (χ2v) is 7.73. The van der Waals surface area contributed by atoms with Crippen molar-refractivity contribution in [2.45, 2.75) is 64.5 Å². The number of hydrogen-bond donors (Lipinski definition) is 3. The van der Waals surface area contributed by atoms with Crippen LogP contribution in [0.1, 0.15) is 52.9 Å². The summed E-state index contributed by atoms with van der Waals surface area (Å²) in [6.45, 7) is 5.82. The van der Waals surface area contributed by atoms with Crippen LogP contribution < -0.4 is 16.0 Å². The number of urea groups is 1. The molecule has 7 heteroatoms. The number of amides is 3. The minimum Gasteiger partial charge on any atom is -0.444 e. The summed E-state index contributed by atoms with van der Waals surface area (Å²) in [5, 5.41) is 8.58. The van der Waals surface area contributed by atoms with Gasteiger partial charge in [-0.25, -0.2) is 9.59 Å². The molecule has 1 aromatic heterocycles. The van der Waals surface area contributed by atoms with Gasteiger partial charge in [0.05, 0.1) is 17.9 Å². The second kappa shape index (κ2) is 9.40. The van der Waals surface area contributed by atoms with Crippen molar-refractivity contribution in [3.63, 3.8) is 0 Å². The van der Waals surface area contributed by atoms with Crippen molar-refractivity contribution in [1.82, 2.24) is 15.6 Å². The van der Waals surface area contributed by atoms with Crippen molar-refractivity contribution in [2.75, 3.05) is 11.9 Å². The van der Waals surface area contributed by atoms with Gasteiger partial charge in [0, 0.05) is 12.7 Å². The van der Waals surface area contributed by atoms with Crippen LogP contribution in [0.4, 0.5) is 15.3 Å². The van der Waals surface area contributed by atoms with Crippen molar-refractivity contribution in [3.8, 4) is 0 Å². The molecule has 1 fully saturated rings. The molecule has 1 aromatic rings. The van der Waals surface area contributed by atoms with Crippen LogP contribution in [0.2, 0.25) is 0 Å². The van der Waals surface area contributed by atoms with Gasteiger partial charge in [-0.15, -0.1) is 0 Å². The summed E-state index contributed by atoms with van der Waals surface area (Å²) >= 11 is 0. The summed E-state index contributed by atoms with van der Waals surface area (Å²) in [5.74, 6) is 0.346. The lowest BCUT2D eigenvalue weighted by atomic mass is 9.84. The number of carbonyl (C=O) groups excluding carboxylic acids is 2. The summed E-state index contributed by atoms with van der Waals surface area (Å²) in [7, 11) is 0. The van der Waals surface area contributed by atoms with Gasteiger partial charge < -0.3 is 20.7 Å². The Balaban J connectivity index is 1.92. The zero-order valence-corrected chi connectivity index (χ0v) is 15.9. The van der Waals surface area contributed by atoms with E-state index in [9.17, 15) is 9.59 Å². The minimum atomic E-state index is -0.546. The third kappa shape index (κ3) is 7.29. The van der Waals surface area contributed by atoms with E-state index in [1.165, 1.54) is 6.42 Å². The smallest absolute Gasteiger partial charge is 0.407 e. The summed E-state index contributed by atoms with van der Waals surface area (Å²) in [6, 6.07) is 3.11. The molecule has 0 aromatic carbocycles. The fourth-order valence-corrected chi connectivity index (χ4v) is 3.15. The van der Waals surface area contributed by atoms with Crippen molar-refractivity contribution < 1.29 is 14.3 Å². The first-order valence-electron chi connectivity index (χ1n) is 9.28. The van der Waals surface area contributed by atoms with E-state index in [0.717, 1.165) is 25.7 Å². The van der Waals surface area contributed by atoms with Gasteiger partial charge >= 0.3 is 12.1 Å². The first-order chi connectivity index (χ1) is 12.3. The molecule has 0 radical (unpaired) electrons. The van der Waals surface area contributed by atoms with Crippen LogP contribution in [0.15, 0.2) is 24.5 Å². The van der Waals surface area contributed by atoms with Gasteiger partial charge in [-0.3, -0.25) is 4.98 Å². The number of rotatable bonds is 5. The average Bonchev–Trinajstić information content (AvgIpc) is 2.58. The molecule has 26 heavy (non-hydrogen) atoms. The van der Waals surface area contributed by atoms with Crippen LogP contribution in [-0.2, 0) is 4.74 Å². The molecule has 0 aliphatic heterocycles. The Morgan fingerprint density at radius 1 is 1.27 bits per heavy atom. The summed E-state index contributed by atoms with van der Waals surface area (Å²) in [4.78, 5) is 28.3. The quantitative estimate of drug-likeness (QED) is 0.745. The molecule has 1 saturated carbocycles. The number of anilines is 1. The molecule has 0 unspecified atom stereocenters. The second-order valence-electron chi connectivity index (χ2n) is 7.73. The number of nitrogens with one attached hydrogen (secondary N) is 3. The van der Waals surface area contributed by atoms with Crippen LogP contribution in [0.3, 0.4) is 0 Å². The van der Waals surface area contributed by atoms with E-state index in [2.05, 4.69) is 20.9 Å². The molecule has 1 aliphatic rings. The number of nitrogens with zero attached hydrogens (tertiary/aromatic N) is 1. The fourth-order valence-electron chi connectivity index (χ4n) is 3.15. The number of alkyl carbamates (subject to hydrolysis) is 1. The minimum absolute atomic E-state index is 0.139. The standard InChI is InChI=1S/C19H30N4O3/c1-19(2,3)26-18(25)21-13-16(14-8-5-4-6-9-14)23-17(24)22-15-10-7-11-20-12-15/h7,10-12,14,16H,4-6,8-9,13H2,1-3H3,(H,21,25)(H2,22,23,24)/t16-/m1/s1. The lowest BCUT2D eigenvalue weighted by molar-refractivity contribution is 0.0516. The SMILES string of the molecule is CC(C)(C)OC(=O)NC[C@@H](NC(=O)Nc1cccnc1)C1CCCCC1. The Hall–Kier alpha value is -2.31. The van der Waals surface area contributed by atoms with Crippen molar-refractivity contribution >= 4 is 17.8 Å². The first-order valence-corrected chi connectivity index (χ1v) is 9.28. The fraction of sp³-hybridized carbons (Fsp3) is 0.632. The Labute approximate surface area is 155 Å². The lowest BCUT2D eigenvalue weighted by Gasteiger charge is -2.31.